The Hall–Kier alpha value is -2.02. The predicted octanol–water partition coefficient (Wildman–Crippen LogP) is 2.08. The topological polar surface area (TPSA) is 68.1 Å². The van der Waals surface area contributed by atoms with Gasteiger partial charge in [-0.05, 0) is 13.0 Å². The minimum absolute atomic E-state index is 0.0284. The SMILES string of the molecule is Cc1nc(C(=O)N2CC(Cn3nc(C(C)(C)C)ccc3=O)C2)cs1. The van der Waals surface area contributed by atoms with Gasteiger partial charge in [0.15, 0.2) is 0 Å². The molecule has 3 rings (SSSR count). The maximum Gasteiger partial charge on any atom is 0.273 e. The number of likely N-dealkylation sites (tertiary alicyclic amines) is 1. The van der Waals surface area contributed by atoms with Gasteiger partial charge >= 0.3 is 0 Å². The molecule has 2 aromatic rings. The molecule has 1 aliphatic heterocycles. The molecule has 0 aromatic carbocycles. The van der Waals surface area contributed by atoms with E-state index < -0.39 is 0 Å². The summed E-state index contributed by atoms with van der Waals surface area (Å²) in [6.45, 7) is 9.94. The highest BCUT2D eigenvalue weighted by Crippen LogP contribution is 2.22. The van der Waals surface area contributed by atoms with Gasteiger partial charge in [-0.2, -0.15) is 5.10 Å². The number of carbonyl (C=O) groups excluding carboxylic acids is 1. The van der Waals surface area contributed by atoms with Crippen molar-refractivity contribution < 1.29 is 4.79 Å². The lowest BCUT2D eigenvalue weighted by Gasteiger charge is -2.38. The van der Waals surface area contributed by atoms with E-state index in [1.54, 1.807) is 22.4 Å². The number of aryl methyl sites for hydroxylation is 1. The molecule has 7 heteroatoms. The second kappa shape index (κ2) is 6.12. The fourth-order valence-corrected chi connectivity index (χ4v) is 3.29. The average molecular weight is 346 g/mol. The van der Waals surface area contributed by atoms with Crippen LogP contribution in [0, 0.1) is 12.8 Å². The van der Waals surface area contributed by atoms with Gasteiger partial charge in [0.1, 0.15) is 5.69 Å². The van der Waals surface area contributed by atoms with Crippen molar-refractivity contribution >= 4 is 17.2 Å². The Morgan fingerprint density at radius 3 is 2.62 bits per heavy atom. The van der Waals surface area contributed by atoms with E-state index in [4.69, 9.17) is 0 Å². The fraction of sp³-hybridized carbons (Fsp3) is 0.529. The zero-order valence-corrected chi connectivity index (χ0v) is 15.3. The van der Waals surface area contributed by atoms with E-state index in [9.17, 15) is 9.59 Å². The third kappa shape index (κ3) is 3.40. The summed E-state index contributed by atoms with van der Waals surface area (Å²) in [5.74, 6) is 0.230. The zero-order valence-electron chi connectivity index (χ0n) is 14.4. The van der Waals surface area contributed by atoms with Crippen LogP contribution in [0.5, 0.6) is 0 Å². The molecule has 0 aliphatic carbocycles. The van der Waals surface area contributed by atoms with Crippen molar-refractivity contribution in [1.29, 1.82) is 0 Å². The quantitative estimate of drug-likeness (QED) is 0.853. The first-order valence-electron chi connectivity index (χ1n) is 8.04. The van der Waals surface area contributed by atoms with E-state index >= 15 is 0 Å². The Morgan fingerprint density at radius 2 is 2.04 bits per heavy atom. The first-order chi connectivity index (χ1) is 11.2. The maximum atomic E-state index is 12.3. The second-order valence-electron chi connectivity index (χ2n) is 7.32. The van der Waals surface area contributed by atoms with E-state index in [0.717, 1.165) is 10.7 Å². The van der Waals surface area contributed by atoms with Crippen LogP contribution in [0.4, 0.5) is 0 Å². The summed E-state index contributed by atoms with van der Waals surface area (Å²) in [4.78, 5) is 30.3. The lowest BCUT2D eigenvalue weighted by Crippen LogP contribution is -2.52. The molecule has 0 bridgehead atoms. The molecule has 0 N–H and O–H groups in total. The Kier molecular flexibility index (Phi) is 4.29. The summed E-state index contributed by atoms with van der Waals surface area (Å²) in [5.41, 5.74) is 1.22. The summed E-state index contributed by atoms with van der Waals surface area (Å²) in [7, 11) is 0. The van der Waals surface area contributed by atoms with E-state index in [-0.39, 0.29) is 22.8 Å². The van der Waals surface area contributed by atoms with Crippen molar-refractivity contribution in [3.8, 4) is 0 Å². The molecule has 0 unspecified atom stereocenters. The Balaban J connectivity index is 1.63. The van der Waals surface area contributed by atoms with E-state index in [1.807, 2.05) is 6.92 Å². The van der Waals surface area contributed by atoms with Crippen LogP contribution >= 0.6 is 11.3 Å². The first-order valence-corrected chi connectivity index (χ1v) is 8.92. The molecular formula is C17H22N4O2S. The van der Waals surface area contributed by atoms with Gasteiger partial charge in [-0.1, -0.05) is 20.8 Å². The Labute approximate surface area is 145 Å². The number of nitrogens with zero attached hydrogens (tertiary/aromatic N) is 4. The Bertz CT molecular complexity index is 812. The van der Waals surface area contributed by atoms with Gasteiger partial charge in [-0.15, -0.1) is 11.3 Å². The molecule has 3 heterocycles. The Morgan fingerprint density at radius 1 is 1.33 bits per heavy atom. The summed E-state index contributed by atoms with van der Waals surface area (Å²) in [5, 5.41) is 7.18. The van der Waals surface area contributed by atoms with Crippen LogP contribution in [0.1, 0.15) is 42.0 Å². The lowest BCUT2D eigenvalue weighted by molar-refractivity contribution is 0.0452. The standard InChI is InChI=1S/C17H22N4O2S/c1-11-18-13(10-24-11)16(23)20-7-12(8-20)9-21-15(22)6-5-14(19-21)17(2,3)4/h5-6,10,12H,7-9H2,1-4H3. The third-order valence-corrected chi connectivity index (χ3v) is 4.92. The van der Waals surface area contributed by atoms with E-state index in [1.165, 1.54) is 16.0 Å². The zero-order chi connectivity index (χ0) is 17.5. The minimum atomic E-state index is -0.0977. The number of amides is 1. The van der Waals surface area contributed by atoms with Gasteiger partial charge in [0, 0.05) is 35.9 Å². The van der Waals surface area contributed by atoms with Crippen molar-refractivity contribution in [2.45, 2.75) is 39.7 Å². The molecule has 1 saturated heterocycles. The molecule has 2 aromatic heterocycles. The summed E-state index contributed by atoms with van der Waals surface area (Å²) >= 11 is 1.48. The van der Waals surface area contributed by atoms with Gasteiger partial charge in [0.2, 0.25) is 0 Å². The minimum Gasteiger partial charge on any atom is -0.336 e. The number of carbonyl (C=O) groups is 1. The van der Waals surface area contributed by atoms with Crippen LogP contribution in [0.25, 0.3) is 0 Å². The van der Waals surface area contributed by atoms with Crippen LogP contribution in [0.2, 0.25) is 0 Å². The first kappa shape index (κ1) is 16.8. The average Bonchev–Trinajstić information content (AvgIpc) is 2.89. The highest BCUT2D eigenvalue weighted by molar-refractivity contribution is 7.09. The molecule has 1 amide bonds. The van der Waals surface area contributed by atoms with Gasteiger partial charge in [-0.3, -0.25) is 9.59 Å². The van der Waals surface area contributed by atoms with Crippen LogP contribution in [-0.2, 0) is 12.0 Å². The molecule has 1 aliphatic rings. The van der Waals surface area contributed by atoms with Crippen molar-refractivity contribution in [2.24, 2.45) is 5.92 Å². The van der Waals surface area contributed by atoms with Crippen LogP contribution in [0.3, 0.4) is 0 Å². The highest BCUT2D eigenvalue weighted by atomic mass is 32.1. The van der Waals surface area contributed by atoms with E-state index in [2.05, 4.69) is 30.9 Å². The molecule has 0 saturated carbocycles. The normalized spacial score (nSPS) is 15.4. The molecule has 6 nitrogen and oxygen atoms in total. The summed E-state index contributed by atoms with van der Waals surface area (Å²) in [6, 6.07) is 3.37. The number of rotatable bonds is 3. The number of aromatic nitrogens is 3. The van der Waals surface area contributed by atoms with Crippen LogP contribution in [-0.4, -0.2) is 38.7 Å². The van der Waals surface area contributed by atoms with Crippen molar-refractivity contribution in [2.75, 3.05) is 13.1 Å². The summed E-state index contributed by atoms with van der Waals surface area (Å²) < 4.78 is 1.53. The molecule has 0 atom stereocenters. The number of thiazole rings is 1. The largest absolute Gasteiger partial charge is 0.336 e. The molecular weight excluding hydrogens is 324 g/mol. The van der Waals surface area contributed by atoms with Gasteiger partial charge in [0.25, 0.3) is 11.5 Å². The highest BCUT2D eigenvalue weighted by Gasteiger charge is 2.33. The van der Waals surface area contributed by atoms with Crippen LogP contribution < -0.4 is 5.56 Å². The van der Waals surface area contributed by atoms with Crippen molar-refractivity contribution in [3.63, 3.8) is 0 Å². The van der Waals surface area contributed by atoms with Crippen molar-refractivity contribution in [3.05, 3.63) is 44.3 Å². The predicted molar refractivity (Wildman–Crippen MR) is 93.4 cm³/mol. The monoisotopic (exact) mass is 346 g/mol. The molecule has 0 radical (unpaired) electrons. The van der Waals surface area contributed by atoms with Gasteiger partial charge in [-0.25, -0.2) is 9.67 Å². The van der Waals surface area contributed by atoms with Gasteiger partial charge in [0.05, 0.1) is 17.2 Å². The fourth-order valence-electron chi connectivity index (χ4n) is 2.70. The molecule has 128 valence electrons. The molecule has 1 fully saturated rings. The molecule has 0 spiro atoms. The van der Waals surface area contributed by atoms with E-state index in [0.29, 0.717) is 25.3 Å². The second-order valence-corrected chi connectivity index (χ2v) is 8.38. The smallest absolute Gasteiger partial charge is 0.273 e. The summed E-state index contributed by atoms with van der Waals surface area (Å²) in [6.07, 6.45) is 0. The number of hydrogen-bond donors (Lipinski definition) is 0. The maximum absolute atomic E-state index is 12.3. The van der Waals surface area contributed by atoms with Crippen molar-refractivity contribution in [1.82, 2.24) is 19.7 Å². The van der Waals surface area contributed by atoms with Crippen LogP contribution in [0.15, 0.2) is 22.3 Å². The molecule has 24 heavy (non-hydrogen) atoms. The van der Waals surface area contributed by atoms with Gasteiger partial charge < -0.3 is 4.90 Å². The lowest BCUT2D eigenvalue weighted by atomic mass is 9.92. The third-order valence-electron chi connectivity index (χ3n) is 4.15. The number of hydrogen-bond acceptors (Lipinski definition) is 5.